The lowest BCUT2D eigenvalue weighted by atomic mass is 10.5. The van der Waals surface area contributed by atoms with Crippen LogP contribution in [0.5, 0.6) is 0 Å². The SMILES string of the molecule is [CH2]COC(=O)CCS. The standard InChI is InChI=1S/C5H9O2S/c1-2-7-5(6)3-4-8/h8H,1-4H2. The fourth-order valence-electron chi connectivity index (χ4n) is 0.277. The second-order valence-electron chi connectivity index (χ2n) is 1.19. The first-order valence-corrected chi connectivity index (χ1v) is 3.00. The Hall–Kier alpha value is -0.180. The van der Waals surface area contributed by atoms with Crippen molar-refractivity contribution < 1.29 is 9.53 Å². The van der Waals surface area contributed by atoms with Crippen LogP contribution in [0.2, 0.25) is 0 Å². The number of rotatable bonds is 3. The van der Waals surface area contributed by atoms with E-state index in [4.69, 9.17) is 0 Å². The molecule has 0 aromatic carbocycles. The average Bonchev–Trinajstić information content (AvgIpc) is 1.68. The van der Waals surface area contributed by atoms with Gasteiger partial charge in [-0.2, -0.15) is 12.6 Å². The quantitative estimate of drug-likeness (QED) is 0.452. The number of ether oxygens (including phenoxy) is 1. The zero-order chi connectivity index (χ0) is 6.41. The predicted molar refractivity (Wildman–Crippen MR) is 34.8 cm³/mol. The van der Waals surface area contributed by atoms with Gasteiger partial charge in [0.2, 0.25) is 0 Å². The highest BCUT2D eigenvalue weighted by molar-refractivity contribution is 7.80. The highest BCUT2D eigenvalue weighted by Gasteiger charge is 1.95. The maximum atomic E-state index is 10.3. The van der Waals surface area contributed by atoms with Gasteiger partial charge in [-0.3, -0.25) is 4.79 Å². The first kappa shape index (κ1) is 7.82. The molecule has 47 valence electrons. The van der Waals surface area contributed by atoms with Crippen LogP contribution in [0.1, 0.15) is 6.42 Å². The summed E-state index contributed by atoms with van der Waals surface area (Å²) in [6, 6.07) is 0. The Morgan fingerprint density at radius 2 is 2.38 bits per heavy atom. The molecule has 0 spiro atoms. The average molecular weight is 133 g/mol. The van der Waals surface area contributed by atoms with E-state index in [1.165, 1.54) is 0 Å². The van der Waals surface area contributed by atoms with Crippen LogP contribution in [-0.4, -0.2) is 18.3 Å². The second-order valence-corrected chi connectivity index (χ2v) is 1.64. The van der Waals surface area contributed by atoms with Crippen molar-refractivity contribution >= 4 is 18.6 Å². The van der Waals surface area contributed by atoms with Crippen LogP contribution >= 0.6 is 12.6 Å². The van der Waals surface area contributed by atoms with Crippen LogP contribution in [0.15, 0.2) is 0 Å². The smallest absolute Gasteiger partial charge is 0.306 e. The summed E-state index contributed by atoms with van der Waals surface area (Å²) in [5.74, 6) is 0.314. The summed E-state index contributed by atoms with van der Waals surface area (Å²) < 4.78 is 4.48. The van der Waals surface area contributed by atoms with Crippen molar-refractivity contribution in [2.24, 2.45) is 0 Å². The Labute approximate surface area is 54.6 Å². The Morgan fingerprint density at radius 3 is 2.75 bits per heavy atom. The summed E-state index contributed by atoms with van der Waals surface area (Å²) in [6.07, 6.45) is 0.374. The lowest BCUT2D eigenvalue weighted by molar-refractivity contribution is -0.141. The Morgan fingerprint density at radius 1 is 1.75 bits per heavy atom. The normalized spacial score (nSPS) is 8.75. The third-order valence-corrected chi connectivity index (χ3v) is 0.803. The largest absolute Gasteiger partial charge is 0.466 e. The summed E-state index contributed by atoms with van der Waals surface area (Å²) >= 11 is 3.83. The molecule has 0 rings (SSSR count). The van der Waals surface area contributed by atoms with Crippen molar-refractivity contribution in [2.45, 2.75) is 6.42 Å². The molecule has 0 aliphatic rings. The summed E-state index contributed by atoms with van der Waals surface area (Å²) in [5, 5.41) is 0. The van der Waals surface area contributed by atoms with E-state index in [2.05, 4.69) is 24.3 Å². The molecular weight excluding hydrogens is 124 g/mol. The van der Waals surface area contributed by atoms with Crippen molar-refractivity contribution in [1.29, 1.82) is 0 Å². The van der Waals surface area contributed by atoms with Crippen molar-refractivity contribution in [3.63, 3.8) is 0 Å². The van der Waals surface area contributed by atoms with Crippen molar-refractivity contribution in [1.82, 2.24) is 0 Å². The van der Waals surface area contributed by atoms with Crippen LogP contribution in [0.3, 0.4) is 0 Å². The molecule has 8 heavy (non-hydrogen) atoms. The molecule has 1 radical (unpaired) electrons. The minimum atomic E-state index is -0.227. The fourth-order valence-corrected chi connectivity index (χ4v) is 0.460. The van der Waals surface area contributed by atoms with Gasteiger partial charge in [-0.25, -0.2) is 0 Å². The number of carbonyl (C=O) groups is 1. The van der Waals surface area contributed by atoms with E-state index >= 15 is 0 Å². The maximum Gasteiger partial charge on any atom is 0.306 e. The number of hydrogen-bond acceptors (Lipinski definition) is 3. The third kappa shape index (κ3) is 3.99. The topological polar surface area (TPSA) is 26.3 Å². The number of carbonyl (C=O) groups excluding carboxylic acids is 1. The van der Waals surface area contributed by atoms with E-state index in [-0.39, 0.29) is 12.6 Å². The Balaban J connectivity index is 3.06. The van der Waals surface area contributed by atoms with E-state index in [9.17, 15) is 4.79 Å². The molecular formula is C5H9O2S. The molecule has 0 atom stereocenters. The van der Waals surface area contributed by atoms with Gasteiger partial charge in [-0.15, -0.1) is 0 Å². The molecule has 0 saturated heterocycles. The van der Waals surface area contributed by atoms with Gasteiger partial charge in [-0.1, -0.05) is 0 Å². The van der Waals surface area contributed by atoms with E-state index < -0.39 is 0 Å². The van der Waals surface area contributed by atoms with Crippen LogP contribution in [0, 0.1) is 6.92 Å². The van der Waals surface area contributed by atoms with Gasteiger partial charge in [-0.05, 0) is 6.92 Å². The minimum absolute atomic E-state index is 0.215. The maximum absolute atomic E-state index is 10.3. The van der Waals surface area contributed by atoms with Crippen LogP contribution in [0.4, 0.5) is 0 Å². The van der Waals surface area contributed by atoms with E-state index in [0.29, 0.717) is 12.2 Å². The zero-order valence-corrected chi connectivity index (χ0v) is 5.49. The fraction of sp³-hybridized carbons (Fsp3) is 0.600. The molecule has 0 saturated carbocycles. The molecule has 0 aliphatic carbocycles. The third-order valence-electron chi connectivity index (χ3n) is 0.579. The molecule has 0 heterocycles. The Kier molecular flexibility index (Phi) is 4.85. The van der Waals surface area contributed by atoms with Gasteiger partial charge in [0, 0.05) is 5.75 Å². The molecule has 3 heteroatoms. The number of hydrogen-bond donors (Lipinski definition) is 1. The van der Waals surface area contributed by atoms with Crippen LogP contribution < -0.4 is 0 Å². The summed E-state index contributed by atoms with van der Waals surface area (Å²) in [7, 11) is 0. The van der Waals surface area contributed by atoms with Gasteiger partial charge in [0.1, 0.15) is 0 Å². The molecule has 0 aromatic rings. The van der Waals surface area contributed by atoms with Gasteiger partial charge in [0.05, 0.1) is 13.0 Å². The first-order chi connectivity index (χ1) is 3.81. The summed E-state index contributed by atoms with van der Waals surface area (Å²) in [6.45, 7) is 3.55. The molecule has 0 unspecified atom stereocenters. The monoisotopic (exact) mass is 133 g/mol. The highest BCUT2D eigenvalue weighted by atomic mass is 32.1. The Bertz CT molecular complexity index is 64.8. The second kappa shape index (κ2) is 4.97. The summed E-state index contributed by atoms with van der Waals surface area (Å²) in [4.78, 5) is 10.3. The number of esters is 1. The van der Waals surface area contributed by atoms with Crippen LogP contribution in [0.25, 0.3) is 0 Å². The lowest BCUT2D eigenvalue weighted by Crippen LogP contribution is -2.03. The highest BCUT2D eigenvalue weighted by Crippen LogP contribution is 1.86. The zero-order valence-electron chi connectivity index (χ0n) is 4.59. The molecule has 0 aromatic heterocycles. The van der Waals surface area contributed by atoms with E-state index in [1.54, 1.807) is 0 Å². The van der Waals surface area contributed by atoms with Crippen molar-refractivity contribution in [3.05, 3.63) is 6.92 Å². The molecule has 0 N–H and O–H groups in total. The van der Waals surface area contributed by atoms with Crippen molar-refractivity contribution in [3.8, 4) is 0 Å². The molecule has 2 nitrogen and oxygen atoms in total. The molecule has 0 bridgehead atoms. The molecule has 0 fully saturated rings. The van der Waals surface area contributed by atoms with Gasteiger partial charge < -0.3 is 4.74 Å². The lowest BCUT2D eigenvalue weighted by Gasteiger charge is -1.95. The molecule has 0 amide bonds. The minimum Gasteiger partial charge on any atom is -0.466 e. The van der Waals surface area contributed by atoms with Crippen molar-refractivity contribution in [2.75, 3.05) is 12.4 Å². The summed E-state index contributed by atoms with van der Waals surface area (Å²) in [5.41, 5.74) is 0. The number of thiol groups is 1. The first-order valence-electron chi connectivity index (χ1n) is 2.37. The predicted octanol–water partition coefficient (Wildman–Crippen LogP) is 0.684. The van der Waals surface area contributed by atoms with E-state index in [0.717, 1.165) is 0 Å². The van der Waals surface area contributed by atoms with E-state index in [1.807, 2.05) is 0 Å². The molecule has 0 aliphatic heterocycles. The van der Waals surface area contributed by atoms with Gasteiger partial charge in [0.25, 0.3) is 0 Å². The van der Waals surface area contributed by atoms with Gasteiger partial charge in [0.15, 0.2) is 0 Å². The van der Waals surface area contributed by atoms with Gasteiger partial charge >= 0.3 is 5.97 Å². The van der Waals surface area contributed by atoms with Crippen LogP contribution in [-0.2, 0) is 9.53 Å².